The molecule has 40 heavy (non-hydrogen) atoms. The number of hydrogen-bond acceptors (Lipinski definition) is 5. The van der Waals surface area contributed by atoms with Gasteiger partial charge in [-0.2, -0.15) is 0 Å². The fraction of sp³-hybridized carbons (Fsp3) is 0.686. The first-order chi connectivity index (χ1) is 19.6. The summed E-state index contributed by atoms with van der Waals surface area (Å²) in [5.41, 5.74) is 2.26. The van der Waals surface area contributed by atoms with E-state index in [2.05, 4.69) is 43.2 Å². The number of aliphatic hydroxyl groups excluding tert-OH is 1. The van der Waals surface area contributed by atoms with Gasteiger partial charge in [0.15, 0.2) is 11.5 Å². The van der Waals surface area contributed by atoms with Crippen molar-refractivity contribution in [2.45, 2.75) is 133 Å². The van der Waals surface area contributed by atoms with E-state index < -0.39 is 6.10 Å². The minimum Gasteiger partial charge on any atom is -0.482 e. The van der Waals surface area contributed by atoms with Gasteiger partial charge < -0.3 is 19.5 Å². The molecule has 0 unspecified atom stereocenters. The Balaban J connectivity index is 1.04. The zero-order valence-electron chi connectivity index (χ0n) is 24.9. The van der Waals surface area contributed by atoms with Gasteiger partial charge in [-0.25, -0.2) is 0 Å². The molecular formula is C35H51NO4. The van der Waals surface area contributed by atoms with Crippen molar-refractivity contribution in [3.8, 4) is 11.5 Å². The van der Waals surface area contributed by atoms with Crippen LogP contribution in [0, 0.1) is 5.92 Å². The number of likely N-dealkylation sites (N-methyl/N-ethyl adjacent to an activating group) is 1. The molecule has 2 bridgehead atoms. The van der Waals surface area contributed by atoms with E-state index in [9.17, 15) is 9.90 Å². The van der Waals surface area contributed by atoms with E-state index in [0.717, 1.165) is 38.6 Å². The topological polar surface area (TPSA) is 59.0 Å². The minimum absolute atomic E-state index is 0.183. The van der Waals surface area contributed by atoms with E-state index in [1.54, 1.807) is 0 Å². The van der Waals surface area contributed by atoms with Crippen LogP contribution in [0.1, 0.15) is 114 Å². The summed E-state index contributed by atoms with van der Waals surface area (Å²) in [6.07, 6.45) is 26.3. The van der Waals surface area contributed by atoms with E-state index in [1.165, 1.54) is 75.3 Å². The third kappa shape index (κ3) is 6.06. The Bertz CT molecular complexity index is 1060. The summed E-state index contributed by atoms with van der Waals surface area (Å²) in [5, 5.41) is 10.9. The van der Waals surface area contributed by atoms with Crippen LogP contribution < -0.4 is 9.47 Å². The number of aliphatic hydroxyl groups is 1. The quantitative estimate of drug-likeness (QED) is 0.101. The van der Waals surface area contributed by atoms with Gasteiger partial charge in [-0.05, 0) is 70.2 Å². The summed E-state index contributed by atoms with van der Waals surface area (Å²) in [6, 6.07) is 4.46. The molecule has 0 saturated carbocycles. The van der Waals surface area contributed by atoms with E-state index in [1.807, 2.05) is 12.1 Å². The van der Waals surface area contributed by atoms with Crippen LogP contribution in [0.4, 0.5) is 0 Å². The predicted molar refractivity (Wildman–Crippen MR) is 161 cm³/mol. The largest absolute Gasteiger partial charge is 0.482 e. The number of allylic oxidation sites excluding steroid dienone is 2. The summed E-state index contributed by atoms with van der Waals surface area (Å²) < 4.78 is 12.4. The Labute approximate surface area is 242 Å². The highest BCUT2D eigenvalue weighted by atomic mass is 16.6. The summed E-state index contributed by atoms with van der Waals surface area (Å²) in [4.78, 5) is 15.2. The third-order valence-corrected chi connectivity index (χ3v) is 10.0. The number of carbonyl (C=O) groups is 1. The maximum atomic E-state index is 12.8. The van der Waals surface area contributed by atoms with Crippen molar-refractivity contribution >= 4 is 5.97 Å². The van der Waals surface area contributed by atoms with E-state index >= 15 is 0 Å². The van der Waals surface area contributed by atoms with Crippen LogP contribution in [0.15, 0.2) is 36.4 Å². The molecule has 0 amide bonds. The zero-order chi connectivity index (χ0) is 28.0. The van der Waals surface area contributed by atoms with E-state index in [-0.39, 0.29) is 17.5 Å². The molecule has 2 aliphatic heterocycles. The first-order valence-corrected chi connectivity index (χ1v) is 16.3. The number of carbonyl (C=O) groups excluding carboxylic acids is 1. The van der Waals surface area contributed by atoms with Gasteiger partial charge in [-0.15, -0.1) is 0 Å². The van der Waals surface area contributed by atoms with Crippen molar-refractivity contribution in [1.82, 2.24) is 4.90 Å². The van der Waals surface area contributed by atoms with Crippen molar-refractivity contribution in [2.24, 2.45) is 5.92 Å². The molecule has 1 spiro atoms. The number of ether oxygens (including phenoxy) is 2. The average molecular weight is 550 g/mol. The SMILES string of the molecule is CCCCCCCC/C=C\CCCCCCCC(=O)Oc1ccc2c3c1O[C@H]1[C@@H](O)C=C[C@H]4[C@@H](C2)N(C)CC[C@@]341. The molecular weight excluding hydrogens is 498 g/mol. The van der Waals surface area contributed by atoms with E-state index in [4.69, 9.17) is 9.47 Å². The summed E-state index contributed by atoms with van der Waals surface area (Å²) in [7, 11) is 2.21. The third-order valence-electron chi connectivity index (χ3n) is 10.0. The molecule has 220 valence electrons. The standard InChI is InChI=1S/C35H51NO4/c1-3-4-5-6-7-8-9-10-11-12-13-14-15-16-17-18-31(38)39-30-22-19-26-25-28-27-20-21-29(37)34-35(27,23-24-36(28)2)32(26)33(30)40-34/h10-11,19-22,27-29,34,37H,3-9,12-18,23-25H2,1-2H3/b11-10-/t27-,28+,29-,34-,35-/m0/s1. The normalized spacial score (nSPS) is 28.1. The first kappa shape index (κ1) is 29.4. The Morgan fingerprint density at radius 1 is 1.02 bits per heavy atom. The summed E-state index contributed by atoms with van der Waals surface area (Å²) >= 11 is 0. The molecule has 1 aromatic rings. The second kappa shape index (κ2) is 13.7. The lowest BCUT2D eigenvalue weighted by molar-refractivity contribution is -0.134. The maximum Gasteiger partial charge on any atom is 0.311 e. The molecule has 5 atom stereocenters. The number of hydrogen-bond donors (Lipinski definition) is 1. The van der Waals surface area contributed by atoms with Gasteiger partial charge in [0.05, 0.1) is 0 Å². The highest BCUT2D eigenvalue weighted by molar-refractivity contribution is 5.74. The number of likely N-dealkylation sites (tertiary alicyclic amines) is 1. The summed E-state index contributed by atoms with van der Waals surface area (Å²) in [6.45, 7) is 3.25. The van der Waals surface area contributed by atoms with Crippen LogP contribution >= 0.6 is 0 Å². The lowest BCUT2D eigenvalue weighted by atomic mass is 9.53. The van der Waals surface area contributed by atoms with Crippen LogP contribution in [-0.2, 0) is 16.6 Å². The highest BCUT2D eigenvalue weighted by Gasteiger charge is 2.64. The molecule has 1 aromatic carbocycles. The molecule has 2 heterocycles. The van der Waals surface area contributed by atoms with Gasteiger partial charge in [0.25, 0.3) is 0 Å². The lowest BCUT2D eigenvalue weighted by Gasteiger charge is -2.56. The molecule has 2 aliphatic carbocycles. The second-order valence-corrected chi connectivity index (χ2v) is 12.7. The number of benzene rings is 1. The van der Waals surface area contributed by atoms with Crippen LogP contribution in [0.2, 0.25) is 0 Å². The Kier molecular flexibility index (Phi) is 10.1. The van der Waals surface area contributed by atoms with Gasteiger partial charge in [0.1, 0.15) is 12.2 Å². The summed E-state index contributed by atoms with van der Waals surface area (Å²) in [5.74, 6) is 1.37. The predicted octanol–water partition coefficient (Wildman–Crippen LogP) is 7.44. The van der Waals surface area contributed by atoms with Crippen LogP contribution in [0.25, 0.3) is 0 Å². The number of esters is 1. The van der Waals surface area contributed by atoms with Crippen molar-refractivity contribution in [3.05, 3.63) is 47.6 Å². The van der Waals surface area contributed by atoms with Crippen molar-refractivity contribution < 1.29 is 19.4 Å². The van der Waals surface area contributed by atoms with Crippen molar-refractivity contribution in [3.63, 3.8) is 0 Å². The molecule has 0 aromatic heterocycles. The van der Waals surface area contributed by atoms with Crippen LogP contribution in [0.5, 0.6) is 11.5 Å². The highest BCUT2D eigenvalue weighted by Crippen LogP contribution is 2.62. The number of nitrogens with zero attached hydrogens (tertiary/aromatic N) is 1. The van der Waals surface area contributed by atoms with Gasteiger partial charge in [-0.3, -0.25) is 4.79 Å². The smallest absolute Gasteiger partial charge is 0.311 e. The molecule has 1 fully saturated rings. The van der Waals surface area contributed by atoms with Gasteiger partial charge in [0.2, 0.25) is 0 Å². The van der Waals surface area contributed by atoms with Gasteiger partial charge >= 0.3 is 5.97 Å². The van der Waals surface area contributed by atoms with Crippen molar-refractivity contribution in [1.29, 1.82) is 0 Å². The molecule has 1 saturated heterocycles. The fourth-order valence-electron chi connectivity index (χ4n) is 7.82. The lowest BCUT2D eigenvalue weighted by Crippen LogP contribution is -2.64. The molecule has 0 radical (unpaired) electrons. The number of piperidine rings is 1. The van der Waals surface area contributed by atoms with Gasteiger partial charge in [0, 0.05) is 29.4 Å². The van der Waals surface area contributed by atoms with Crippen LogP contribution in [-0.4, -0.2) is 47.8 Å². The van der Waals surface area contributed by atoms with E-state index in [0.29, 0.717) is 29.9 Å². The molecule has 5 rings (SSSR count). The molecule has 5 heteroatoms. The molecule has 1 N–H and O–H groups in total. The van der Waals surface area contributed by atoms with Crippen LogP contribution in [0.3, 0.4) is 0 Å². The average Bonchev–Trinajstić information content (AvgIpc) is 3.31. The Morgan fingerprint density at radius 3 is 2.48 bits per heavy atom. The number of unbranched alkanes of at least 4 members (excludes halogenated alkanes) is 11. The van der Waals surface area contributed by atoms with Gasteiger partial charge in [-0.1, -0.05) is 88.7 Å². The first-order valence-electron chi connectivity index (χ1n) is 16.3. The van der Waals surface area contributed by atoms with Crippen molar-refractivity contribution in [2.75, 3.05) is 13.6 Å². The zero-order valence-corrected chi connectivity index (χ0v) is 24.9. The fourth-order valence-corrected chi connectivity index (χ4v) is 7.82. The Hall–Kier alpha value is -2.11. The molecule has 5 nitrogen and oxygen atoms in total. The molecule has 4 aliphatic rings. The monoisotopic (exact) mass is 549 g/mol. The second-order valence-electron chi connectivity index (χ2n) is 12.7. The Morgan fingerprint density at radius 2 is 1.73 bits per heavy atom. The maximum absolute atomic E-state index is 12.8. The minimum atomic E-state index is -0.641. The number of rotatable bonds is 16.